The first-order chi connectivity index (χ1) is 10.4. The molecule has 0 bridgehead atoms. The minimum absolute atomic E-state index is 0.441. The van der Waals surface area contributed by atoms with E-state index in [1.165, 1.54) is 11.4 Å². The number of imidazole rings is 1. The van der Waals surface area contributed by atoms with Gasteiger partial charge in [0.15, 0.2) is 0 Å². The summed E-state index contributed by atoms with van der Waals surface area (Å²) >= 11 is 0. The number of rotatable bonds is 2. The number of hydrogen-bond donors (Lipinski definition) is 0. The Balaban J connectivity index is 1.67. The lowest BCUT2D eigenvalue weighted by atomic mass is 9.98. The third-order valence-electron chi connectivity index (χ3n) is 4.74. The maximum atomic E-state index is 5.54. The minimum atomic E-state index is 0.441. The van der Waals surface area contributed by atoms with Crippen LogP contribution in [0.5, 0.6) is 0 Å². The Bertz CT molecular complexity index is 589. The zero-order valence-electron chi connectivity index (χ0n) is 12.2. The first-order valence-corrected chi connectivity index (χ1v) is 7.80. The van der Waals surface area contributed by atoms with Gasteiger partial charge in [-0.25, -0.2) is 4.98 Å². The summed E-state index contributed by atoms with van der Waals surface area (Å²) in [6.07, 6.45) is 6.28. The highest BCUT2D eigenvalue weighted by Crippen LogP contribution is 2.33. The number of fused-ring (bicyclic) bond motifs is 1. The molecule has 0 amide bonds. The Kier molecular flexibility index (Phi) is 3.49. The van der Waals surface area contributed by atoms with Crippen LogP contribution < -0.4 is 0 Å². The molecule has 4 heteroatoms. The van der Waals surface area contributed by atoms with Gasteiger partial charge in [0.05, 0.1) is 12.6 Å². The van der Waals surface area contributed by atoms with Crippen molar-refractivity contribution in [3.8, 4) is 0 Å². The van der Waals surface area contributed by atoms with Gasteiger partial charge in [-0.3, -0.25) is 4.90 Å². The molecule has 110 valence electrons. The SMILES string of the molecule is c1ccc(C2Cn3ccnc3CN2C2CCOCC2)cc1. The van der Waals surface area contributed by atoms with Gasteiger partial charge in [0.25, 0.3) is 0 Å². The molecule has 1 saturated heterocycles. The average Bonchev–Trinajstić information content (AvgIpc) is 3.03. The van der Waals surface area contributed by atoms with Crippen molar-refractivity contribution in [1.82, 2.24) is 14.5 Å². The van der Waals surface area contributed by atoms with Crippen molar-refractivity contribution in [3.05, 3.63) is 54.1 Å². The fourth-order valence-electron chi connectivity index (χ4n) is 3.60. The molecular weight excluding hydrogens is 262 g/mol. The van der Waals surface area contributed by atoms with Gasteiger partial charge in [-0.05, 0) is 18.4 Å². The molecule has 4 rings (SSSR count). The van der Waals surface area contributed by atoms with Crippen molar-refractivity contribution >= 4 is 0 Å². The normalized spacial score (nSPS) is 23.9. The van der Waals surface area contributed by atoms with E-state index in [1.807, 2.05) is 6.20 Å². The second-order valence-corrected chi connectivity index (χ2v) is 5.94. The highest BCUT2D eigenvalue weighted by atomic mass is 16.5. The summed E-state index contributed by atoms with van der Waals surface area (Å²) in [5, 5.41) is 0. The van der Waals surface area contributed by atoms with Gasteiger partial charge in [-0.2, -0.15) is 0 Å². The number of benzene rings is 1. The summed E-state index contributed by atoms with van der Waals surface area (Å²) in [6.45, 7) is 3.71. The lowest BCUT2D eigenvalue weighted by molar-refractivity contribution is -0.00131. The van der Waals surface area contributed by atoms with Gasteiger partial charge in [0.2, 0.25) is 0 Å². The second kappa shape index (κ2) is 5.62. The molecule has 3 heterocycles. The van der Waals surface area contributed by atoms with Gasteiger partial charge in [-0.15, -0.1) is 0 Å². The van der Waals surface area contributed by atoms with E-state index < -0.39 is 0 Å². The third kappa shape index (κ3) is 2.49. The van der Waals surface area contributed by atoms with E-state index in [0.29, 0.717) is 12.1 Å². The van der Waals surface area contributed by atoms with Gasteiger partial charge in [0, 0.05) is 38.2 Å². The molecule has 1 aromatic heterocycles. The summed E-state index contributed by atoms with van der Waals surface area (Å²) in [4.78, 5) is 7.16. The number of hydrogen-bond acceptors (Lipinski definition) is 3. The largest absolute Gasteiger partial charge is 0.381 e. The molecule has 0 aliphatic carbocycles. The summed E-state index contributed by atoms with van der Waals surface area (Å²) in [5.74, 6) is 1.19. The predicted octanol–water partition coefficient (Wildman–Crippen LogP) is 2.62. The molecule has 0 radical (unpaired) electrons. The lowest BCUT2D eigenvalue weighted by Gasteiger charge is -2.43. The van der Waals surface area contributed by atoms with Gasteiger partial charge >= 0.3 is 0 Å². The van der Waals surface area contributed by atoms with Gasteiger partial charge in [-0.1, -0.05) is 30.3 Å². The topological polar surface area (TPSA) is 30.3 Å². The fourth-order valence-corrected chi connectivity index (χ4v) is 3.60. The second-order valence-electron chi connectivity index (χ2n) is 5.94. The van der Waals surface area contributed by atoms with E-state index in [0.717, 1.165) is 39.1 Å². The molecule has 1 unspecified atom stereocenters. The summed E-state index contributed by atoms with van der Waals surface area (Å²) < 4.78 is 7.84. The Morgan fingerprint density at radius 2 is 1.90 bits per heavy atom. The molecule has 1 atom stereocenters. The molecule has 2 aliphatic rings. The van der Waals surface area contributed by atoms with Crippen LogP contribution in [0, 0.1) is 0 Å². The lowest BCUT2D eigenvalue weighted by Crippen LogP contribution is -2.45. The smallest absolute Gasteiger partial charge is 0.122 e. The van der Waals surface area contributed by atoms with Crippen LogP contribution >= 0.6 is 0 Å². The highest BCUT2D eigenvalue weighted by Gasteiger charge is 2.33. The van der Waals surface area contributed by atoms with Crippen molar-refractivity contribution in [2.45, 2.75) is 38.0 Å². The Morgan fingerprint density at radius 3 is 2.71 bits per heavy atom. The van der Waals surface area contributed by atoms with Crippen LogP contribution in [0.3, 0.4) is 0 Å². The molecule has 21 heavy (non-hydrogen) atoms. The number of ether oxygens (including phenoxy) is 1. The third-order valence-corrected chi connectivity index (χ3v) is 4.74. The Hall–Kier alpha value is -1.65. The highest BCUT2D eigenvalue weighted by molar-refractivity contribution is 5.21. The molecule has 1 fully saturated rings. The standard InChI is InChI=1S/C17H21N3O/c1-2-4-14(5-3-1)16-12-19-9-8-18-17(19)13-20(16)15-6-10-21-11-7-15/h1-5,8-9,15-16H,6-7,10-13H2. The quantitative estimate of drug-likeness (QED) is 0.849. The van der Waals surface area contributed by atoms with E-state index in [-0.39, 0.29) is 0 Å². The van der Waals surface area contributed by atoms with Crippen LogP contribution in [-0.2, 0) is 17.8 Å². The van der Waals surface area contributed by atoms with Crippen LogP contribution in [-0.4, -0.2) is 33.7 Å². The van der Waals surface area contributed by atoms with E-state index in [4.69, 9.17) is 4.74 Å². The maximum Gasteiger partial charge on any atom is 0.122 e. The van der Waals surface area contributed by atoms with Crippen molar-refractivity contribution in [2.24, 2.45) is 0 Å². The van der Waals surface area contributed by atoms with Crippen LogP contribution in [0.4, 0.5) is 0 Å². The molecule has 2 aromatic rings. The van der Waals surface area contributed by atoms with Crippen LogP contribution in [0.15, 0.2) is 42.7 Å². The molecule has 0 N–H and O–H groups in total. The maximum absolute atomic E-state index is 5.54. The van der Waals surface area contributed by atoms with E-state index in [9.17, 15) is 0 Å². The molecule has 1 aromatic carbocycles. The molecule has 0 spiro atoms. The first-order valence-electron chi connectivity index (χ1n) is 7.80. The fraction of sp³-hybridized carbons (Fsp3) is 0.471. The first kappa shape index (κ1) is 13.0. The van der Waals surface area contributed by atoms with E-state index in [2.05, 4.69) is 51.0 Å². The molecule has 4 nitrogen and oxygen atoms in total. The van der Waals surface area contributed by atoms with Crippen molar-refractivity contribution in [3.63, 3.8) is 0 Å². The monoisotopic (exact) mass is 283 g/mol. The predicted molar refractivity (Wildman–Crippen MR) is 80.8 cm³/mol. The van der Waals surface area contributed by atoms with Gasteiger partial charge in [0.1, 0.15) is 5.82 Å². The van der Waals surface area contributed by atoms with Crippen molar-refractivity contribution in [2.75, 3.05) is 13.2 Å². The van der Waals surface area contributed by atoms with Crippen LogP contribution in [0.2, 0.25) is 0 Å². The van der Waals surface area contributed by atoms with Crippen LogP contribution in [0.1, 0.15) is 30.3 Å². The molecular formula is C17H21N3O. The zero-order chi connectivity index (χ0) is 14.1. The van der Waals surface area contributed by atoms with E-state index in [1.54, 1.807) is 0 Å². The van der Waals surface area contributed by atoms with Gasteiger partial charge < -0.3 is 9.30 Å². The van der Waals surface area contributed by atoms with Crippen molar-refractivity contribution < 1.29 is 4.74 Å². The molecule has 2 aliphatic heterocycles. The zero-order valence-corrected chi connectivity index (χ0v) is 12.2. The summed E-state index contributed by atoms with van der Waals surface area (Å²) in [5.41, 5.74) is 1.41. The van der Waals surface area contributed by atoms with E-state index >= 15 is 0 Å². The average molecular weight is 283 g/mol. The Labute approximate surface area is 125 Å². The number of aromatic nitrogens is 2. The number of nitrogens with zero attached hydrogens (tertiary/aromatic N) is 3. The minimum Gasteiger partial charge on any atom is -0.381 e. The molecule has 0 saturated carbocycles. The summed E-state index contributed by atoms with van der Waals surface area (Å²) in [6, 6.07) is 11.9. The summed E-state index contributed by atoms with van der Waals surface area (Å²) in [7, 11) is 0. The van der Waals surface area contributed by atoms with Crippen molar-refractivity contribution in [1.29, 1.82) is 0 Å². The van der Waals surface area contributed by atoms with Crippen LogP contribution in [0.25, 0.3) is 0 Å². The Morgan fingerprint density at radius 1 is 1.10 bits per heavy atom.